The van der Waals surface area contributed by atoms with Crippen molar-refractivity contribution in [2.24, 2.45) is 5.92 Å². The fourth-order valence-electron chi connectivity index (χ4n) is 3.55. The molecule has 0 radical (unpaired) electrons. The van der Waals surface area contributed by atoms with Gasteiger partial charge in [-0.15, -0.1) is 0 Å². The summed E-state index contributed by atoms with van der Waals surface area (Å²) in [5, 5.41) is 2.96. The van der Waals surface area contributed by atoms with Gasteiger partial charge in [0.15, 0.2) is 0 Å². The minimum atomic E-state index is 0.108. The molecule has 1 aromatic rings. The van der Waals surface area contributed by atoms with E-state index in [0.717, 1.165) is 57.5 Å². The van der Waals surface area contributed by atoms with Gasteiger partial charge in [-0.3, -0.25) is 9.69 Å². The summed E-state index contributed by atoms with van der Waals surface area (Å²) in [6.07, 6.45) is 3.07. The van der Waals surface area contributed by atoms with Crippen LogP contribution < -0.4 is 5.32 Å². The Bertz CT molecular complexity index is 495. The van der Waals surface area contributed by atoms with Crippen molar-refractivity contribution in [3.63, 3.8) is 0 Å². The van der Waals surface area contributed by atoms with Crippen molar-refractivity contribution >= 4 is 11.6 Å². The number of carbonyl (C=O) groups is 1. The second kappa shape index (κ2) is 9.16. The van der Waals surface area contributed by atoms with Crippen LogP contribution in [0.4, 0.5) is 5.69 Å². The number of amides is 1. The van der Waals surface area contributed by atoms with Crippen molar-refractivity contribution in [2.75, 3.05) is 57.8 Å². The molecule has 2 heterocycles. The van der Waals surface area contributed by atoms with Crippen molar-refractivity contribution in [3.05, 3.63) is 30.3 Å². The molecule has 2 aliphatic heterocycles. The Labute approximate surface area is 145 Å². The molecule has 1 N–H and O–H groups in total. The van der Waals surface area contributed by atoms with E-state index in [2.05, 4.69) is 15.1 Å². The standard InChI is InChI=1S/C19H29N3O2/c23-19(20-18-4-2-1-3-5-18)8-11-21-9-6-17(7-10-21)16-22-12-14-24-15-13-22/h1-5,17H,6-16H2,(H,20,23). The lowest BCUT2D eigenvalue weighted by Gasteiger charge is -2.36. The molecule has 2 fully saturated rings. The zero-order valence-electron chi connectivity index (χ0n) is 14.5. The molecule has 0 saturated carbocycles. The second-order valence-electron chi connectivity index (χ2n) is 6.86. The van der Waals surface area contributed by atoms with Crippen LogP contribution in [0.1, 0.15) is 19.3 Å². The van der Waals surface area contributed by atoms with Crippen molar-refractivity contribution in [3.8, 4) is 0 Å². The summed E-state index contributed by atoms with van der Waals surface area (Å²) in [6.45, 7) is 8.25. The Balaban J connectivity index is 1.31. The quantitative estimate of drug-likeness (QED) is 0.867. The summed E-state index contributed by atoms with van der Waals surface area (Å²) >= 11 is 0. The van der Waals surface area contributed by atoms with Crippen LogP contribution in [0, 0.1) is 5.92 Å². The molecule has 0 unspecified atom stereocenters. The molecule has 132 valence electrons. The van der Waals surface area contributed by atoms with E-state index in [1.165, 1.54) is 19.4 Å². The lowest BCUT2D eigenvalue weighted by molar-refractivity contribution is -0.116. The van der Waals surface area contributed by atoms with Crippen molar-refractivity contribution in [1.82, 2.24) is 9.80 Å². The number of anilines is 1. The number of nitrogens with zero attached hydrogens (tertiary/aromatic N) is 2. The smallest absolute Gasteiger partial charge is 0.225 e. The molecular formula is C19H29N3O2. The minimum Gasteiger partial charge on any atom is -0.379 e. The Morgan fingerprint density at radius 3 is 2.46 bits per heavy atom. The van der Waals surface area contributed by atoms with Gasteiger partial charge in [0.2, 0.25) is 5.91 Å². The van der Waals surface area contributed by atoms with E-state index in [-0.39, 0.29) is 5.91 Å². The van der Waals surface area contributed by atoms with E-state index in [1.54, 1.807) is 0 Å². The van der Waals surface area contributed by atoms with Crippen molar-refractivity contribution < 1.29 is 9.53 Å². The number of likely N-dealkylation sites (tertiary alicyclic amines) is 1. The van der Waals surface area contributed by atoms with Gasteiger partial charge in [-0.05, 0) is 44.0 Å². The first-order valence-electron chi connectivity index (χ1n) is 9.17. The van der Waals surface area contributed by atoms with Crippen LogP contribution in [-0.2, 0) is 9.53 Å². The van der Waals surface area contributed by atoms with Gasteiger partial charge in [-0.1, -0.05) is 18.2 Å². The molecule has 0 aliphatic carbocycles. The van der Waals surface area contributed by atoms with Crippen LogP contribution in [0.3, 0.4) is 0 Å². The molecule has 1 amide bonds. The minimum absolute atomic E-state index is 0.108. The molecular weight excluding hydrogens is 302 g/mol. The van der Waals surface area contributed by atoms with E-state index in [0.29, 0.717) is 6.42 Å². The summed E-state index contributed by atoms with van der Waals surface area (Å²) in [4.78, 5) is 17.0. The Hall–Kier alpha value is -1.43. The van der Waals surface area contributed by atoms with E-state index in [9.17, 15) is 4.79 Å². The summed E-state index contributed by atoms with van der Waals surface area (Å²) in [5.41, 5.74) is 0.881. The normalized spacial score (nSPS) is 20.8. The van der Waals surface area contributed by atoms with Gasteiger partial charge in [0, 0.05) is 38.3 Å². The maximum absolute atomic E-state index is 12.0. The van der Waals surface area contributed by atoms with Crippen LogP contribution in [0.2, 0.25) is 0 Å². The second-order valence-corrected chi connectivity index (χ2v) is 6.86. The predicted molar refractivity (Wildman–Crippen MR) is 96.1 cm³/mol. The number of carbonyl (C=O) groups excluding carboxylic acids is 1. The van der Waals surface area contributed by atoms with Gasteiger partial charge in [0.25, 0.3) is 0 Å². The van der Waals surface area contributed by atoms with E-state index in [1.807, 2.05) is 30.3 Å². The lowest BCUT2D eigenvalue weighted by atomic mass is 9.96. The molecule has 0 atom stereocenters. The molecule has 5 nitrogen and oxygen atoms in total. The third-order valence-corrected chi connectivity index (χ3v) is 5.04. The maximum Gasteiger partial charge on any atom is 0.225 e. The maximum atomic E-state index is 12.0. The number of hydrogen-bond donors (Lipinski definition) is 1. The van der Waals surface area contributed by atoms with Gasteiger partial charge in [0.05, 0.1) is 13.2 Å². The summed E-state index contributed by atoms with van der Waals surface area (Å²) in [7, 11) is 0. The topological polar surface area (TPSA) is 44.8 Å². The summed E-state index contributed by atoms with van der Waals surface area (Å²) < 4.78 is 5.42. The third kappa shape index (κ3) is 5.58. The predicted octanol–water partition coefficient (Wildman–Crippen LogP) is 2.06. The van der Waals surface area contributed by atoms with Crippen LogP contribution >= 0.6 is 0 Å². The van der Waals surface area contributed by atoms with Gasteiger partial charge < -0.3 is 15.0 Å². The molecule has 24 heavy (non-hydrogen) atoms. The Morgan fingerprint density at radius 2 is 1.75 bits per heavy atom. The van der Waals surface area contributed by atoms with Gasteiger partial charge in [0.1, 0.15) is 0 Å². The van der Waals surface area contributed by atoms with Crippen LogP contribution in [0.15, 0.2) is 30.3 Å². The molecule has 3 rings (SSSR count). The van der Waals surface area contributed by atoms with Gasteiger partial charge in [-0.2, -0.15) is 0 Å². The number of ether oxygens (including phenoxy) is 1. The zero-order chi connectivity index (χ0) is 16.6. The largest absolute Gasteiger partial charge is 0.379 e. The number of para-hydroxylation sites is 1. The summed E-state index contributed by atoms with van der Waals surface area (Å²) in [6, 6.07) is 9.69. The fraction of sp³-hybridized carbons (Fsp3) is 0.632. The number of piperidine rings is 1. The van der Waals surface area contributed by atoms with Crippen LogP contribution in [0.5, 0.6) is 0 Å². The first kappa shape index (κ1) is 17.4. The molecule has 5 heteroatoms. The Kier molecular flexibility index (Phi) is 6.64. The zero-order valence-corrected chi connectivity index (χ0v) is 14.5. The highest BCUT2D eigenvalue weighted by Crippen LogP contribution is 2.19. The molecule has 2 saturated heterocycles. The third-order valence-electron chi connectivity index (χ3n) is 5.04. The van der Waals surface area contributed by atoms with E-state index in [4.69, 9.17) is 4.74 Å². The highest BCUT2D eigenvalue weighted by molar-refractivity contribution is 5.90. The van der Waals surface area contributed by atoms with Crippen LogP contribution in [-0.4, -0.2) is 68.2 Å². The molecule has 0 spiro atoms. The first-order valence-corrected chi connectivity index (χ1v) is 9.17. The van der Waals surface area contributed by atoms with E-state index < -0.39 is 0 Å². The first-order chi connectivity index (χ1) is 11.8. The highest BCUT2D eigenvalue weighted by atomic mass is 16.5. The molecule has 0 aromatic heterocycles. The number of benzene rings is 1. The summed E-state index contributed by atoms with van der Waals surface area (Å²) in [5.74, 6) is 0.911. The lowest BCUT2D eigenvalue weighted by Crippen LogP contribution is -2.43. The van der Waals surface area contributed by atoms with Crippen molar-refractivity contribution in [2.45, 2.75) is 19.3 Å². The monoisotopic (exact) mass is 331 g/mol. The number of rotatable bonds is 6. The number of hydrogen-bond acceptors (Lipinski definition) is 4. The number of morpholine rings is 1. The molecule has 2 aliphatic rings. The Morgan fingerprint density at radius 1 is 1.04 bits per heavy atom. The van der Waals surface area contributed by atoms with Crippen LogP contribution in [0.25, 0.3) is 0 Å². The average Bonchev–Trinajstić information content (AvgIpc) is 2.63. The van der Waals surface area contributed by atoms with Gasteiger partial charge >= 0.3 is 0 Å². The average molecular weight is 331 g/mol. The fourth-order valence-corrected chi connectivity index (χ4v) is 3.55. The molecule has 1 aromatic carbocycles. The SMILES string of the molecule is O=C(CCN1CCC(CN2CCOCC2)CC1)Nc1ccccc1. The highest BCUT2D eigenvalue weighted by Gasteiger charge is 2.22. The number of nitrogens with one attached hydrogen (secondary N) is 1. The van der Waals surface area contributed by atoms with Gasteiger partial charge in [-0.25, -0.2) is 0 Å². The molecule has 0 bridgehead atoms. The van der Waals surface area contributed by atoms with Crippen molar-refractivity contribution in [1.29, 1.82) is 0 Å². The van der Waals surface area contributed by atoms with E-state index >= 15 is 0 Å².